The number of thioether (sulfide) groups is 1. The maximum absolute atomic E-state index is 12.1. The molecule has 1 aromatic carbocycles. The first-order valence-electron chi connectivity index (χ1n) is 7.45. The number of hydrogen-bond donors (Lipinski definition) is 1. The van der Waals surface area contributed by atoms with Gasteiger partial charge in [-0.25, -0.2) is 9.78 Å². The highest BCUT2D eigenvalue weighted by atomic mass is 35.5. The van der Waals surface area contributed by atoms with Gasteiger partial charge < -0.3 is 10.1 Å². The van der Waals surface area contributed by atoms with Gasteiger partial charge in [0.05, 0.1) is 23.1 Å². The van der Waals surface area contributed by atoms with Crippen LogP contribution in [-0.2, 0) is 14.3 Å². The lowest BCUT2D eigenvalue weighted by molar-refractivity contribution is -0.145. The van der Waals surface area contributed by atoms with Crippen molar-refractivity contribution in [2.24, 2.45) is 5.92 Å². The second-order valence-electron chi connectivity index (χ2n) is 5.65. The highest BCUT2D eigenvalue weighted by Crippen LogP contribution is 2.30. The van der Waals surface area contributed by atoms with Crippen molar-refractivity contribution in [3.63, 3.8) is 0 Å². The molecule has 1 N–H and O–H groups in total. The van der Waals surface area contributed by atoms with Gasteiger partial charge in [0.2, 0.25) is 5.91 Å². The maximum Gasteiger partial charge on any atom is 0.328 e. The van der Waals surface area contributed by atoms with Gasteiger partial charge in [-0.15, -0.1) is 11.3 Å². The second kappa shape index (κ2) is 8.69. The van der Waals surface area contributed by atoms with E-state index in [0.29, 0.717) is 11.4 Å². The van der Waals surface area contributed by atoms with Crippen LogP contribution in [-0.4, -0.2) is 35.8 Å². The van der Waals surface area contributed by atoms with Crippen LogP contribution in [0, 0.1) is 5.92 Å². The first-order chi connectivity index (χ1) is 11.4. The molecule has 0 bridgehead atoms. The molecule has 0 aliphatic rings. The first-order valence-corrected chi connectivity index (χ1v) is 9.63. The number of carbonyl (C=O) groups excluding carboxylic acids is 2. The fourth-order valence-electron chi connectivity index (χ4n) is 2.13. The highest BCUT2D eigenvalue weighted by Gasteiger charge is 2.22. The van der Waals surface area contributed by atoms with Crippen LogP contribution in [0.5, 0.6) is 0 Å². The standard InChI is InChI=1S/C16H19ClN2O3S2/c1-9(2)6-12(15(21)22-3)18-14(20)8-23-16-19-11-7-10(17)4-5-13(11)24-16/h4-5,7,9,12H,6,8H2,1-3H3,(H,18,20)/t12-/m1/s1. The first kappa shape index (κ1) is 19.0. The molecule has 2 rings (SSSR count). The van der Waals surface area contributed by atoms with E-state index in [0.717, 1.165) is 14.6 Å². The Labute approximate surface area is 154 Å². The van der Waals surface area contributed by atoms with Crippen molar-refractivity contribution in [3.05, 3.63) is 23.2 Å². The molecule has 24 heavy (non-hydrogen) atoms. The summed E-state index contributed by atoms with van der Waals surface area (Å²) in [6.07, 6.45) is 0.544. The van der Waals surface area contributed by atoms with Crippen LogP contribution in [0.1, 0.15) is 20.3 Å². The highest BCUT2D eigenvalue weighted by molar-refractivity contribution is 8.01. The molecule has 0 spiro atoms. The zero-order chi connectivity index (χ0) is 17.7. The Morgan fingerprint density at radius 2 is 2.17 bits per heavy atom. The Morgan fingerprint density at radius 3 is 2.83 bits per heavy atom. The number of nitrogens with one attached hydrogen (secondary N) is 1. The van der Waals surface area contributed by atoms with Crippen molar-refractivity contribution in [1.82, 2.24) is 10.3 Å². The average molecular weight is 387 g/mol. The molecule has 2 aromatic rings. The Bertz CT molecular complexity index is 733. The van der Waals surface area contributed by atoms with E-state index in [1.54, 1.807) is 6.07 Å². The van der Waals surface area contributed by atoms with Gasteiger partial charge in [0.25, 0.3) is 0 Å². The maximum atomic E-state index is 12.1. The largest absolute Gasteiger partial charge is 0.467 e. The number of nitrogens with zero attached hydrogens (tertiary/aromatic N) is 1. The normalized spacial score (nSPS) is 12.4. The molecule has 8 heteroatoms. The summed E-state index contributed by atoms with van der Waals surface area (Å²) in [4.78, 5) is 28.3. The molecule has 1 aromatic heterocycles. The molecule has 0 saturated carbocycles. The summed E-state index contributed by atoms with van der Waals surface area (Å²) in [5.74, 6) is -0.167. The summed E-state index contributed by atoms with van der Waals surface area (Å²) in [6, 6.07) is 4.91. The van der Waals surface area contributed by atoms with E-state index in [9.17, 15) is 9.59 Å². The number of rotatable bonds is 7. The van der Waals surface area contributed by atoms with Crippen molar-refractivity contribution < 1.29 is 14.3 Å². The number of esters is 1. The lowest BCUT2D eigenvalue weighted by Crippen LogP contribution is -2.43. The molecule has 0 unspecified atom stereocenters. The van der Waals surface area contributed by atoms with Crippen LogP contribution in [0.15, 0.2) is 22.5 Å². The Kier molecular flexibility index (Phi) is 6.89. The predicted octanol–water partition coefficient (Wildman–Crippen LogP) is 3.75. The molecule has 1 atom stereocenters. The van der Waals surface area contributed by atoms with E-state index < -0.39 is 12.0 Å². The average Bonchev–Trinajstić information content (AvgIpc) is 2.93. The van der Waals surface area contributed by atoms with Crippen molar-refractivity contribution >= 4 is 56.8 Å². The summed E-state index contributed by atoms with van der Waals surface area (Å²) >= 11 is 8.80. The van der Waals surface area contributed by atoms with Gasteiger partial charge in [-0.05, 0) is 30.5 Å². The summed E-state index contributed by atoms with van der Waals surface area (Å²) in [7, 11) is 1.32. The lowest BCUT2D eigenvalue weighted by atomic mass is 10.0. The van der Waals surface area contributed by atoms with E-state index in [4.69, 9.17) is 16.3 Å². The fraction of sp³-hybridized carbons (Fsp3) is 0.438. The summed E-state index contributed by atoms with van der Waals surface area (Å²) < 4.78 is 6.56. The van der Waals surface area contributed by atoms with Crippen LogP contribution in [0.4, 0.5) is 0 Å². The number of ether oxygens (including phenoxy) is 1. The van der Waals surface area contributed by atoms with Crippen LogP contribution < -0.4 is 5.32 Å². The molecule has 0 saturated heterocycles. The molecule has 1 amide bonds. The second-order valence-corrected chi connectivity index (χ2v) is 8.34. The predicted molar refractivity (Wildman–Crippen MR) is 98.8 cm³/mol. The van der Waals surface area contributed by atoms with Gasteiger partial charge >= 0.3 is 5.97 Å². The molecule has 0 fully saturated rings. The Morgan fingerprint density at radius 1 is 1.42 bits per heavy atom. The van der Waals surface area contributed by atoms with Gasteiger partial charge in [-0.1, -0.05) is 37.2 Å². The van der Waals surface area contributed by atoms with Crippen molar-refractivity contribution in [1.29, 1.82) is 0 Å². The van der Waals surface area contributed by atoms with Crippen LogP contribution >= 0.6 is 34.7 Å². The Hall–Kier alpha value is -1.31. The number of thiazole rings is 1. The molecule has 1 heterocycles. The molecule has 130 valence electrons. The van der Waals surface area contributed by atoms with Gasteiger partial charge in [0, 0.05) is 5.02 Å². The minimum Gasteiger partial charge on any atom is -0.467 e. The van der Waals surface area contributed by atoms with Crippen LogP contribution in [0.2, 0.25) is 5.02 Å². The summed E-state index contributed by atoms with van der Waals surface area (Å²) in [5, 5.41) is 3.37. The van der Waals surface area contributed by atoms with Crippen molar-refractivity contribution in [2.45, 2.75) is 30.6 Å². The summed E-state index contributed by atoms with van der Waals surface area (Å²) in [5.41, 5.74) is 0.822. The van der Waals surface area contributed by atoms with Crippen molar-refractivity contribution in [3.8, 4) is 0 Å². The number of halogens is 1. The van der Waals surface area contributed by atoms with Crippen molar-refractivity contribution in [2.75, 3.05) is 12.9 Å². The van der Waals surface area contributed by atoms with Gasteiger partial charge in [0.15, 0.2) is 4.34 Å². The molecular weight excluding hydrogens is 368 g/mol. The van der Waals surface area contributed by atoms with E-state index in [1.807, 2.05) is 26.0 Å². The molecular formula is C16H19ClN2O3S2. The van der Waals surface area contributed by atoms with E-state index in [1.165, 1.54) is 30.2 Å². The monoisotopic (exact) mass is 386 g/mol. The third kappa shape index (κ3) is 5.36. The van der Waals surface area contributed by atoms with Gasteiger partial charge in [0.1, 0.15) is 6.04 Å². The lowest BCUT2D eigenvalue weighted by Gasteiger charge is -2.18. The number of aromatic nitrogens is 1. The number of hydrogen-bond acceptors (Lipinski definition) is 6. The van der Waals surface area contributed by atoms with E-state index >= 15 is 0 Å². The molecule has 0 aliphatic heterocycles. The number of benzene rings is 1. The molecule has 0 radical (unpaired) electrons. The molecule has 5 nitrogen and oxygen atoms in total. The molecule has 0 aliphatic carbocycles. The minimum atomic E-state index is -0.614. The van der Waals surface area contributed by atoms with E-state index in [-0.39, 0.29) is 17.6 Å². The number of amides is 1. The van der Waals surface area contributed by atoms with Crippen LogP contribution in [0.25, 0.3) is 10.2 Å². The summed E-state index contributed by atoms with van der Waals surface area (Å²) in [6.45, 7) is 3.98. The van der Waals surface area contributed by atoms with Gasteiger partial charge in [-0.2, -0.15) is 0 Å². The topological polar surface area (TPSA) is 68.3 Å². The SMILES string of the molecule is COC(=O)[C@@H](CC(C)C)NC(=O)CSc1nc2cc(Cl)ccc2s1. The Balaban J connectivity index is 1.94. The fourth-order valence-corrected chi connectivity index (χ4v) is 4.16. The number of fused-ring (bicyclic) bond motifs is 1. The zero-order valence-electron chi connectivity index (χ0n) is 13.7. The third-order valence-electron chi connectivity index (χ3n) is 3.18. The third-order valence-corrected chi connectivity index (χ3v) is 5.60. The van der Waals surface area contributed by atoms with Gasteiger partial charge in [-0.3, -0.25) is 4.79 Å². The van der Waals surface area contributed by atoms with E-state index in [2.05, 4.69) is 10.3 Å². The quantitative estimate of drug-likeness (QED) is 0.579. The number of carbonyl (C=O) groups is 2. The smallest absolute Gasteiger partial charge is 0.328 e. The minimum absolute atomic E-state index is 0.194. The number of methoxy groups -OCH3 is 1. The zero-order valence-corrected chi connectivity index (χ0v) is 16.1. The van der Waals surface area contributed by atoms with Crippen LogP contribution in [0.3, 0.4) is 0 Å².